The van der Waals surface area contributed by atoms with Crippen LogP contribution in [0, 0.1) is 0 Å². The highest BCUT2D eigenvalue weighted by Gasteiger charge is 2.23. The molecule has 0 saturated carbocycles. The van der Waals surface area contributed by atoms with Crippen LogP contribution in [0.25, 0.3) is 10.9 Å². The van der Waals surface area contributed by atoms with Gasteiger partial charge in [-0.25, -0.2) is 0 Å². The molecule has 0 radical (unpaired) electrons. The van der Waals surface area contributed by atoms with Crippen molar-refractivity contribution in [3.63, 3.8) is 0 Å². The van der Waals surface area contributed by atoms with E-state index >= 15 is 0 Å². The summed E-state index contributed by atoms with van der Waals surface area (Å²) in [6, 6.07) is 6.10. The first-order valence-electron chi connectivity index (χ1n) is 9.88. The van der Waals surface area contributed by atoms with Crippen LogP contribution < -0.4 is 5.32 Å². The molecule has 0 spiro atoms. The molecule has 2 aromatic rings. The van der Waals surface area contributed by atoms with E-state index in [-0.39, 0.29) is 0 Å². The zero-order valence-electron chi connectivity index (χ0n) is 15.2. The molecule has 0 amide bonds. The van der Waals surface area contributed by atoms with Crippen LogP contribution in [0.5, 0.6) is 5.75 Å². The van der Waals surface area contributed by atoms with Crippen LogP contribution in [-0.4, -0.2) is 40.7 Å². The van der Waals surface area contributed by atoms with Crippen LogP contribution in [-0.2, 0) is 12.8 Å². The van der Waals surface area contributed by atoms with Crippen molar-refractivity contribution in [2.45, 2.75) is 57.9 Å². The minimum absolute atomic E-state index is 0.325. The number of nitrogens with zero attached hydrogens (tertiary/aromatic N) is 2. The second-order valence-corrected chi connectivity index (χ2v) is 7.58. The molecule has 25 heavy (non-hydrogen) atoms. The predicted octanol–water partition coefficient (Wildman–Crippen LogP) is 4.11. The fourth-order valence-corrected chi connectivity index (χ4v) is 4.40. The standard InChI is InChI=1S/C21H29N3O/c1-2-11-24-12-9-15(10-13-24)22-21-17-5-3-4-6-19(17)23-20-8-7-16(25)14-18(20)21/h7-8,14-15,25H,2-6,9-13H2,1H3,(H,22,23). The lowest BCUT2D eigenvalue weighted by Gasteiger charge is -2.34. The quantitative estimate of drug-likeness (QED) is 0.880. The molecular weight excluding hydrogens is 310 g/mol. The molecule has 1 aromatic heterocycles. The monoisotopic (exact) mass is 339 g/mol. The van der Waals surface area contributed by atoms with E-state index in [0.29, 0.717) is 11.8 Å². The highest BCUT2D eigenvalue weighted by atomic mass is 16.3. The van der Waals surface area contributed by atoms with Gasteiger partial charge in [0.05, 0.1) is 5.52 Å². The average molecular weight is 339 g/mol. The zero-order valence-corrected chi connectivity index (χ0v) is 15.2. The molecule has 4 rings (SSSR count). The van der Waals surface area contributed by atoms with Crippen molar-refractivity contribution in [2.75, 3.05) is 25.0 Å². The Morgan fingerprint density at radius 1 is 1.20 bits per heavy atom. The second kappa shape index (κ2) is 7.20. The Hall–Kier alpha value is -1.81. The molecule has 1 fully saturated rings. The molecule has 1 aliphatic heterocycles. The minimum atomic E-state index is 0.325. The van der Waals surface area contributed by atoms with Gasteiger partial charge in [0, 0.05) is 35.9 Å². The Labute approximate surface area is 150 Å². The first-order valence-corrected chi connectivity index (χ1v) is 9.88. The number of pyridine rings is 1. The van der Waals surface area contributed by atoms with Crippen LogP contribution in [0.1, 0.15) is 50.3 Å². The van der Waals surface area contributed by atoms with E-state index in [1.807, 2.05) is 12.1 Å². The van der Waals surface area contributed by atoms with Gasteiger partial charge in [-0.15, -0.1) is 0 Å². The molecule has 1 aliphatic carbocycles. The number of aromatic hydroxyl groups is 1. The molecule has 2 N–H and O–H groups in total. The number of aromatic nitrogens is 1. The summed E-state index contributed by atoms with van der Waals surface area (Å²) in [4.78, 5) is 7.46. The average Bonchev–Trinajstić information content (AvgIpc) is 2.64. The SMILES string of the molecule is CCCN1CCC(Nc2c3c(nc4ccc(O)cc24)CCCC3)CC1. The maximum atomic E-state index is 10.00. The zero-order chi connectivity index (χ0) is 17.2. The number of benzene rings is 1. The Balaban J connectivity index is 1.65. The number of phenolic OH excluding ortho intramolecular Hbond substituents is 1. The summed E-state index contributed by atoms with van der Waals surface area (Å²) >= 11 is 0. The summed E-state index contributed by atoms with van der Waals surface area (Å²) in [7, 11) is 0. The van der Waals surface area contributed by atoms with Gasteiger partial charge in [0.25, 0.3) is 0 Å². The number of nitrogens with one attached hydrogen (secondary N) is 1. The van der Waals surface area contributed by atoms with Crippen molar-refractivity contribution in [3.05, 3.63) is 29.5 Å². The lowest BCUT2D eigenvalue weighted by molar-refractivity contribution is 0.219. The van der Waals surface area contributed by atoms with Gasteiger partial charge in [0.2, 0.25) is 0 Å². The van der Waals surface area contributed by atoms with Crippen LogP contribution >= 0.6 is 0 Å². The second-order valence-electron chi connectivity index (χ2n) is 7.58. The van der Waals surface area contributed by atoms with Crippen LogP contribution in [0.2, 0.25) is 0 Å². The maximum absolute atomic E-state index is 10.00. The fraction of sp³-hybridized carbons (Fsp3) is 0.571. The van der Waals surface area contributed by atoms with Gasteiger partial charge >= 0.3 is 0 Å². The molecule has 1 aromatic carbocycles. The number of likely N-dealkylation sites (tertiary alicyclic amines) is 1. The Bertz CT molecular complexity index is 750. The van der Waals surface area contributed by atoms with E-state index in [2.05, 4.69) is 17.1 Å². The van der Waals surface area contributed by atoms with E-state index in [4.69, 9.17) is 4.98 Å². The normalized spacial score (nSPS) is 19.1. The van der Waals surface area contributed by atoms with E-state index in [1.165, 1.54) is 68.7 Å². The molecule has 0 bridgehead atoms. The first-order chi connectivity index (χ1) is 12.2. The van der Waals surface area contributed by atoms with Gasteiger partial charge in [-0.3, -0.25) is 4.98 Å². The lowest BCUT2D eigenvalue weighted by Crippen LogP contribution is -2.39. The van der Waals surface area contributed by atoms with E-state index in [9.17, 15) is 5.11 Å². The van der Waals surface area contributed by atoms with Crippen molar-refractivity contribution in [2.24, 2.45) is 0 Å². The minimum Gasteiger partial charge on any atom is -0.508 e. The van der Waals surface area contributed by atoms with Crippen LogP contribution in [0.4, 0.5) is 5.69 Å². The molecule has 2 aliphatic rings. The number of fused-ring (bicyclic) bond motifs is 2. The molecule has 1 saturated heterocycles. The number of hydrogen-bond acceptors (Lipinski definition) is 4. The molecule has 2 heterocycles. The Morgan fingerprint density at radius 2 is 2.00 bits per heavy atom. The maximum Gasteiger partial charge on any atom is 0.116 e. The van der Waals surface area contributed by atoms with Crippen molar-refractivity contribution in [3.8, 4) is 5.75 Å². The first kappa shape index (κ1) is 16.6. The van der Waals surface area contributed by atoms with Gasteiger partial charge in [-0.1, -0.05) is 6.92 Å². The van der Waals surface area contributed by atoms with Crippen LogP contribution in [0.3, 0.4) is 0 Å². The molecule has 4 heteroatoms. The Morgan fingerprint density at radius 3 is 2.80 bits per heavy atom. The van der Waals surface area contributed by atoms with Gasteiger partial charge < -0.3 is 15.3 Å². The highest BCUT2D eigenvalue weighted by Crippen LogP contribution is 2.36. The number of rotatable bonds is 4. The van der Waals surface area contributed by atoms with Gasteiger partial charge in [0.1, 0.15) is 5.75 Å². The fourth-order valence-electron chi connectivity index (χ4n) is 4.40. The van der Waals surface area contributed by atoms with Gasteiger partial charge in [0.15, 0.2) is 0 Å². The van der Waals surface area contributed by atoms with Crippen molar-refractivity contribution in [1.29, 1.82) is 0 Å². The number of anilines is 1. The van der Waals surface area contributed by atoms with Gasteiger partial charge in [-0.05, 0) is 75.3 Å². The summed E-state index contributed by atoms with van der Waals surface area (Å²) < 4.78 is 0. The van der Waals surface area contributed by atoms with Gasteiger partial charge in [-0.2, -0.15) is 0 Å². The summed E-state index contributed by atoms with van der Waals surface area (Å²) in [5.41, 5.74) is 4.89. The predicted molar refractivity (Wildman–Crippen MR) is 103 cm³/mol. The highest BCUT2D eigenvalue weighted by molar-refractivity contribution is 5.94. The summed E-state index contributed by atoms with van der Waals surface area (Å²) in [6.45, 7) is 5.84. The van der Waals surface area contributed by atoms with Crippen molar-refractivity contribution < 1.29 is 5.11 Å². The topological polar surface area (TPSA) is 48.4 Å². The summed E-state index contributed by atoms with van der Waals surface area (Å²) in [5, 5.41) is 14.9. The van der Waals surface area contributed by atoms with Crippen molar-refractivity contribution in [1.82, 2.24) is 9.88 Å². The van der Waals surface area contributed by atoms with Crippen molar-refractivity contribution >= 4 is 16.6 Å². The number of aryl methyl sites for hydroxylation is 1. The lowest BCUT2D eigenvalue weighted by atomic mass is 9.92. The number of hydrogen-bond donors (Lipinski definition) is 2. The Kier molecular flexibility index (Phi) is 4.80. The largest absolute Gasteiger partial charge is 0.508 e. The molecule has 0 unspecified atom stereocenters. The smallest absolute Gasteiger partial charge is 0.116 e. The van der Waals surface area contributed by atoms with Crippen LogP contribution in [0.15, 0.2) is 18.2 Å². The van der Waals surface area contributed by atoms with E-state index in [0.717, 1.165) is 23.7 Å². The summed E-state index contributed by atoms with van der Waals surface area (Å²) in [6.07, 6.45) is 8.27. The third-order valence-corrected chi connectivity index (χ3v) is 5.72. The number of phenols is 1. The molecule has 4 nitrogen and oxygen atoms in total. The van der Waals surface area contributed by atoms with E-state index < -0.39 is 0 Å². The molecule has 134 valence electrons. The summed E-state index contributed by atoms with van der Waals surface area (Å²) in [5.74, 6) is 0.325. The van der Waals surface area contributed by atoms with E-state index in [1.54, 1.807) is 6.07 Å². The third-order valence-electron chi connectivity index (χ3n) is 5.72. The number of piperidine rings is 1. The molecular formula is C21H29N3O. The molecule has 0 atom stereocenters. The third kappa shape index (κ3) is 3.45.